The van der Waals surface area contributed by atoms with Crippen LogP contribution in [-0.2, 0) is 10.1 Å². The quantitative estimate of drug-likeness (QED) is 0.285. The molecule has 0 aliphatic rings. The number of nitrogens with zero attached hydrogens (tertiary/aromatic N) is 1. The summed E-state index contributed by atoms with van der Waals surface area (Å²) in [4.78, 5) is 4.38. The molecule has 0 radical (unpaired) electrons. The summed E-state index contributed by atoms with van der Waals surface area (Å²) in [5.41, 5.74) is 1.23. The molecule has 27 heavy (non-hydrogen) atoms. The minimum absolute atomic E-state index is 0.00710. The highest BCUT2D eigenvalue weighted by Gasteiger charge is 2.20. The molecule has 0 aromatic heterocycles. The zero-order valence-electron chi connectivity index (χ0n) is 13.6. The summed E-state index contributed by atoms with van der Waals surface area (Å²) in [6.45, 7) is 0. The maximum Gasteiger partial charge on any atom is 0.339 e. The molecule has 0 unspecified atom stereocenters. The van der Waals surface area contributed by atoms with Crippen LogP contribution >= 0.6 is 43.5 Å². The fraction of sp³-hybridized carbons (Fsp3) is 0. The molecule has 0 spiro atoms. The summed E-state index contributed by atoms with van der Waals surface area (Å²) in [5, 5.41) is 0.439. The van der Waals surface area contributed by atoms with Gasteiger partial charge >= 0.3 is 10.1 Å². The predicted molar refractivity (Wildman–Crippen MR) is 115 cm³/mol. The van der Waals surface area contributed by atoms with Crippen LogP contribution in [0.5, 0.6) is 5.75 Å². The maximum absolute atomic E-state index is 12.6. The minimum Gasteiger partial charge on any atom is -0.377 e. The summed E-state index contributed by atoms with van der Waals surface area (Å²) in [6, 6.07) is 18.5. The molecule has 0 saturated carbocycles. The number of benzene rings is 3. The van der Waals surface area contributed by atoms with Gasteiger partial charge in [0.05, 0.1) is 10.2 Å². The number of hydrogen-bond acceptors (Lipinski definition) is 4. The van der Waals surface area contributed by atoms with E-state index >= 15 is 0 Å². The van der Waals surface area contributed by atoms with Crippen LogP contribution in [-0.4, -0.2) is 14.6 Å². The van der Waals surface area contributed by atoms with Crippen LogP contribution in [0.4, 0.5) is 5.69 Å². The summed E-state index contributed by atoms with van der Waals surface area (Å²) < 4.78 is 31.9. The van der Waals surface area contributed by atoms with Crippen LogP contribution < -0.4 is 4.18 Å². The lowest BCUT2D eigenvalue weighted by atomic mass is 10.2. The van der Waals surface area contributed by atoms with Crippen LogP contribution in [0.15, 0.2) is 85.6 Å². The van der Waals surface area contributed by atoms with E-state index in [0.717, 1.165) is 10.2 Å². The zero-order valence-corrected chi connectivity index (χ0v) is 18.4. The van der Waals surface area contributed by atoms with Gasteiger partial charge in [-0.3, -0.25) is 4.99 Å². The molecule has 8 heteroatoms. The molecule has 0 fully saturated rings. The van der Waals surface area contributed by atoms with Crippen LogP contribution in [0.25, 0.3) is 0 Å². The van der Waals surface area contributed by atoms with Crippen molar-refractivity contribution in [1.82, 2.24) is 0 Å². The fourth-order valence-corrected chi connectivity index (χ4v) is 4.72. The Labute approximate surface area is 179 Å². The molecule has 4 nitrogen and oxygen atoms in total. The van der Waals surface area contributed by atoms with Gasteiger partial charge in [-0.05, 0) is 64.5 Å². The van der Waals surface area contributed by atoms with Gasteiger partial charge in [-0.15, -0.1) is 0 Å². The second kappa shape index (κ2) is 8.56. The first-order chi connectivity index (χ1) is 12.8. The summed E-state index contributed by atoms with van der Waals surface area (Å²) in [5.74, 6) is 0.146. The van der Waals surface area contributed by atoms with Crippen molar-refractivity contribution in [1.29, 1.82) is 0 Å². The monoisotopic (exact) mass is 527 g/mol. The molecular weight excluding hydrogens is 518 g/mol. The van der Waals surface area contributed by atoms with Gasteiger partial charge in [-0.2, -0.15) is 8.42 Å². The Morgan fingerprint density at radius 2 is 1.63 bits per heavy atom. The average molecular weight is 530 g/mol. The maximum atomic E-state index is 12.6. The SMILES string of the molecule is O=S(=O)(Oc1c(Br)cc(Br)cc1C=Nc1ccccc1)c1ccc(Cl)cc1. The highest BCUT2D eigenvalue weighted by atomic mass is 79.9. The molecule has 138 valence electrons. The number of rotatable bonds is 5. The minimum atomic E-state index is -4.04. The third kappa shape index (κ3) is 5.19. The Morgan fingerprint density at radius 3 is 2.30 bits per heavy atom. The van der Waals surface area contributed by atoms with Crippen LogP contribution in [0, 0.1) is 0 Å². The van der Waals surface area contributed by atoms with Crippen molar-refractivity contribution < 1.29 is 12.6 Å². The summed E-state index contributed by atoms with van der Waals surface area (Å²) >= 11 is 12.6. The van der Waals surface area contributed by atoms with Crippen molar-refractivity contribution in [3.63, 3.8) is 0 Å². The van der Waals surface area contributed by atoms with E-state index in [1.807, 2.05) is 30.3 Å². The van der Waals surface area contributed by atoms with E-state index < -0.39 is 10.1 Å². The standard InChI is InChI=1S/C19H12Br2ClNO3S/c20-14-10-13(12-23-16-4-2-1-3-5-16)19(18(21)11-14)26-27(24,25)17-8-6-15(22)7-9-17/h1-12H. The molecule has 0 atom stereocenters. The van der Waals surface area contributed by atoms with Crippen molar-refractivity contribution in [3.05, 3.63) is 86.3 Å². The lowest BCUT2D eigenvalue weighted by molar-refractivity contribution is 0.484. The van der Waals surface area contributed by atoms with Crippen molar-refractivity contribution in [3.8, 4) is 5.75 Å². The Hall–Kier alpha value is -1.67. The molecule has 0 amide bonds. The van der Waals surface area contributed by atoms with Crippen LogP contribution in [0.3, 0.4) is 0 Å². The summed E-state index contributed by atoms with van der Waals surface area (Å²) in [7, 11) is -4.04. The lowest BCUT2D eigenvalue weighted by Crippen LogP contribution is -2.11. The molecule has 0 bridgehead atoms. The topological polar surface area (TPSA) is 55.7 Å². The molecule has 3 rings (SSSR count). The Morgan fingerprint density at radius 1 is 0.963 bits per heavy atom. The van der Waals surface area contributed by atoms with Gasteiger partial charge in [0.25, 0.3) is 0 Å². The van der Waals surface area contributed by atoms with Crippen molar-refractivity contribution in [2.24, 2.45) is 4.99 Å². The van der Waals surface area contributed by atoms with Gasteiger partial charge in [-0.1, -0.05) is 45.7 Å². The largest absolute Gasteiger partial charge is 0.377 e. The number of halogens is 3. The van der Waals surface area contributed by atoms with Crippen molar-refractivity contribution in [2.45, 2.75) is 4.90 Å². The smallest absolute Gasteiger partial charge is 0.339 e. The molecule has 0 aliphatic carbocycles. The Balaban J connectivity index is 1.99. The second-order valence-corrected chi connectivity index (χ2v) is 9.14. The normalized spacial score (nSPS) is 11.7. The highest BCUT2D eigenvalue weighted by molar-refractivity contribution is 9.11. The lowest BCUT2D eigenvalue weighted by Gasteiger charge is -2.12. The van der Waals surface area contributed by atoms with Gasteiger partial charge in [0.15, 0.2) is 5.75 Å². The molecule has 3 aromatic carbocycles. The fourth-order valence-electron chi connectivity index (χ4n) is 2.18. The predicted octanol–water partition coefficient (Wildman–Crippen LogP) is 6.38. The molecule has 0 aliphatic heterocycles. The van der Waals surface area contributed by atoms with E-state index in [0.29, 0.717) is 15.1 Å². The molecule has 0 saturated heterocycles. The first kappa shape index (κ1) is 20.1. The number of hydrogen-bond donors (Lipinski definition) is 0. The van der Waals surface area contributed by atoms with E-state index in [1.165, 1.54) is 24.3 Å². The molecular formula is C19H12Br2ClNO3S. The Kier molecular flexibility index (Phi) is 6.37. The van der Waals surface area contributed by atoms with Crippen molar-refractivity contribution >= 4 is 65.5 Å². The van der Waals surface area contributed by atoms with E-state index in [-0.39, 0.29) is 10.6 Å². The first-order valence-electron chi connectivity index (χ1n) is 7.63. The van der Waals surface area contributed by atoms with E-state index in [1.54, 1.807) is 18.3 Å². The third-order valence-corrected chi connectivity index (χ3v) is 5.98. The number of para-hydroxylation sites is 1. The first-order valence-corrected chi connectivity index (χ1v) is 11.0. The van der Waals surface area contributed by atoms with Gasteiger partial charge in [0, 0.05) is 21.3 Å². The van der Waals surface area contributed by atoms with E-state index in [2.05, 4.69) is 36.9 Å². The third-order valence-electron chi connectivity index (χ3n) is 3.44. The van der Waals surface area contributed by atoms with Gasteiger partial charge in [0.2, 0.25) is 0 Å². The van der Waals surface area contributed by atoms with Crippen LogP contribution in [0.2, 0.25) is 5.02 Å². The average Bonchev–Trinajstić information content (AvgIpc) is 2.63. The molecule has 0 heterocycles. The van der Waals surface area contributed by atoms with Gasteiger partial charge < -0.3 is 4.18 Å². The molecule has 0 N–H and O–H groups in total. The second-order valence-electron chi connectivity index (χ2n) is 5.39. The van der Waals surface area contributed by atoms with Crippen LogP contribution in [0.1, 0.15) is 5.56 Å². The van der Waals surface area contributed by atoms with E-state index in [9.17, 15) is 8.42 Å². The van der Waals surface area contributed by atoms with Gasteiger partial charge in [0.1, 0.15) is 4.90 Å². The highest BCUT2D eigenvalue weighted by Crippen LogP contribution is 2.34. The van der Waals surface area contributed by atoms with Crippen molar-refractivity contribution in [2.75, 3.05) is 0 Å². The number of aliphatic imine (C=N–C) groups is 1. The zero-order chi connectivity index (χ0) is 19.4. The Bertz CT molecular complexity index is 1090. The van der Waals surface area contributed by atoms with Gasteiger partial charge in [-0.25, -0.2) is 0 Å². The molecule has 3 aromatic rings. The summed E-state index contributed by atoms with van der Waals surface area (Å²) in [6.07, 6.45) is 1.55. The van der Waals surface area contributed by atoms with E-state index in [4.69, 9.17) is 15.8 Å².